The van der Waals surface area contributed by atoms with Crippen LogP contribution in [0.2, 0.25) is 0 Å². The van der Waals surface area contributed by atoms with Crippen LogP contribution in [-0.4, -0.2) is 35.1 Å². The Hall–Kier alpha value is -2.11. The molecule has 0 bridgehead atoms. The van der Waals surface area contributed by atoms with E-state index in [0.29, 0.717) is 18.7 Å². The van der Waals surface area contributed by atoms with Gasteiger partial charge in [0.05, 0.1) is 0 Å². The number of carbonyl (C=O) groups excluding carboxylic acids is 2. The molecule has 1 aromatic carbocycles. The van der Waals surface area contributed by atoms with Crippen LogP contribution in [0.5, 0.6) is 0 Å². The number of rotatable bonds is 2. The Bertz CT molecular complexity index is 566. The molecule has 2 rings (SSSR count). The summed E-state index contributed by atoms with van der Waals surface area (Å²) in [4.78, 5) is 26.3. The summed E-state index contributed by atoms with van der Waals surface area (Å²) in [6, 6.07) is 4.98. The second kappa shape index (κ2) is 6.98. The average molecular weight is 322 g/mol. The standard InChI is InChI=1S/C17H23FN2O3/c1-17(2,3)23-16(22)20-11-5-4-6-14(20)15(21)19-13-9-7-12(18)8-10-13/h7-10,14H,4-6,11H2,1-3H3,(H,19,21). The predicted octanol–water partition coefficient (Wildman–Crippen LogP) is 3.55. The van der Waals surface area contributed by atoms with E-state index >= 15 is 0 Å². The van der Waals surface area contributed by atoms with Crippen molar-refractivity contribution in [3.05, 3.63) is 30.1 Å². The lowest BCUT2D eigenvalue weighted by Gasteiger charge is -2.35. The Balaban J connectivity index is 2.06. The van der Waals surface area contributed by atoms with Crippen molar-refractivity contribution in [2.24, 2.45) is 0 Å². The van der Waals surface area contributed by atoms with E-state index in [1.165, 1.54) is 29.2 Å². The highest BCUT2D eigenvalue weighted by Gasteiger charge is 2.34. The van der Waals surface area contributed by atoms with Gasteiger partial charge < -0.3 is 10.1 Å². The Morgan fingerprint density at radius 3 is 2.48 bits per heavy atom. The predicted molar refractivity (Wildman–Crippen MR) is 85.6 cm³/mol. The van der Waals surface area contributed by atoms with Crippen molar-refractivity contribution < 1.29 is 18.7 Å². The van der Waals surface area contributed by atoms with Crippen LogP contribution in [0, 0.1) is 5.82 Å². The zero-order valence-corrected chi connectivity index (χ0v) is 13.8. The molecule has 1 atom stereocenters. The lowest BCUT2D eigenvalue weighted by Crippen LogP contribution is -2.51. The second-order valence-corrected chi connectivity index (χ2v) is 6.68. The SMILES string of the molecule is CC(C)(C)OC(=O)N1CCCCC1C(=O)Nc1ccc(F)cc1. The topological polar surface area (TPSA) is 58.6 Å². The van der Waals surface area contributed by atoms with Crippen molar-refractivity contribution in [2.45, 2.75) is 51.7 Å². The number of nitrogens with one attached hydrogen (secondary N) is 1. The summed E-state index contributed by atoms with van der Waals surface area (Å²) in [5.74, 6) is -0.641. The molecule has 126 valence electrons. The molecular weight excluding hydrogens is 299 g/mol. The van der Waals surface area contributed by atoms with Crippen molar-refractivity contribution in [1.29, 1.82) is 0 Å². The van der Waals surface area contributed by atoms with E-state index in [1.54, 1.807) is 20.8 Å². The number of ether oxygens (including phenoxy) is 1. The van der Waals surface area contributed by atoms with Gasteiger partial charge in [-0.25, -0.2) is 9.18 Å². The lowest BCUT2D eigenvalue weighted by atomic mass is 10.0. The molecule has 1 heterocycles. The molecule has 1 saturated heterocycles. The summed E-state index contributed by atoms with van der Waals surface area (Å²) in [6.07, 6.45) is 1.84. The number of carbonyl (C=O) groups is 2. The van der Waals surface area contributed by atoms with Gasteiger partial charge in [-0.15, -0.1) is 0 Å². The molecule has 1 aliphatic rings. The molecule has 0 radical (unpaired) electrons. The van der Waals surface area contributed by atoms with Gasteiger partial charge in [-0.1, -0.05) is 0 Å². The number of benzene rings is 1. The van der Waals surface area contributed by atoms with Crippen molar-refractivity contribution in [1.82, 2.24) is 4.90 Å². The van der Waals surface area contributed by atoms with Crippen LogP contribution in [0.15, 0.2) is 24.3 Å². The first-order valence-electron chi connectivity index (χ1n) is 7.82. The first-order valence-corrected chi connectivity index (χ1v) is 7.82. The maximum atomic E-state index is 12.9. The normalized spacial score (nSPS) is 18.4. The van der Waals surface area contributed by atoms with Crippen LogP contribution in [0.25, 0.3) is 0 Å². The fourth-order valence-corrected chi connectivity index (χ4v) is 2.50. The van der Waals surface area contributed by atoms with Gasteiger partial charge >= 0.3 is 6.09 Å². The highest BCUT2D eigenvalue weighted by molar-refractivity contribution is 5.96. The molecule has 0 spiro atoms. The number of halogens is 1. The number of piperidine rings is 1. The Kier molecular flexibility index (Phi) is 5.23. The van der Waals surface area contributed by atoms with Crippen LogP contribution in [0.1, 0.15) is 40.0 Å². The number of amides is 2. The van der Waals surface area contributed by atoms with Crippen LogP contribution < -0.4 is 5.32 Å². The van der Waals surface area contributed by atoms with Gasteiger partial charge in [0.15, 0.2) is 0 Å². The Morgan fingerprint density at radius 1 is 1.22 bits per heavy atom. The third kappa shape index (κ3) is 4.94. The smallest absolute Gasteiger partial charge is 0.410 e. The van der Waals surface area contributed by atoms with Gasteiger partial charge in [0.25, 0.3) is 0 Å². The maximum Gasteiger partial charge on any atom is 0.410 e. The van der Waals surface area contributed by atoms with E-state index in [1.807, 2.05) is 0 Å². The summed E-state index contributed by atoms with van der Waals surface area (Å²) in [5, 5.41) is 2.73. The first-order chi connectivity index (χ1) is 10.8. The highest BCUT2D eigenvalue weighted by atomic mass is 19.1. The van der Waals surface area contributed by atoms with Gasteiger partial charge in [0.1, 0.15) is 17.5 Å². The molecule has 1 N–H and O–H groups in total. The third-order valence-electron chi connectivity index (χ3n) is 3.55. The van der Waals surface area contributed by atoms with E-state index in [0.717, 1.165) is 12.8 Å². The van der Waals surface area contributed by atoms with Crippen LogP contribution in [0.3, 0.4) is 0 Å². The zero-order valence-electron chi connectivity index (χ0n) is 13.8. The largest absolute Gasteiger partial charge is 0.444 e. The molecule has 1 unspecified atom stereocenters. The van der Waals surface area contributed by atoms with E-state index in [-0.39, 0.29) is 11.7 Å². The second-order valence-electron chi connectivity index (χ2n) is 6.68. The minimum atomic E-state index is -0.605. The monoisotopic (exact) mass is 322 g/mol. The van der Waals surface area contributed by atoms with Crippen molar-refractivity contribution in [3.63, 3.8) is 0 Å². The quantitative estimate of drug-likeness (QED) is 0.906. The molecular formula is C17H23FN2O3. The van der Waals surface area contributed by atoms with Crippen LogP contribution >= 0.6 is 0 Å². The van der Waals surface area contributed by atoms with Gasteiger partial charge in [0.2, 0.25) is 5.91 Å². The van der Waals surface area contributed by atoms with Gasteiger partial charge in [-0.05, 0) is 64.3 Å². The summed E-state index contributed by atoms with van der Waals surface area (Å²) >= 11 is 0. The fraction of sp³-hybridized carbons (Fsp3) is 0.529. The van der Waals surface area contributed by atoms with E-state index in [4.69, 9.17) is 4.74 Å². The molecule has 1 aliphatic heterocycles. The zero-order chi connectivity index (χ0) is 17.0. The summed E-state index contributed by atoms with van der Waals surface area (Å²) in [5.41, 5.74) is -0.0990. The van der Waals surface area contributed by atoms with Crippen molar-refractivity contribution in [2.75, 3.05) is 11.9 Å². The highest BCUT2D eigenvalue weighted by Crippen LogP contribution is 2.22. The lowest BCUT2D eigenvalue weighted by molar-refractivity contribution is -0.122. The summed E-state index contributed by atoms with van der Waals surface area (Å²) in [6.45, 7) is 5.88. The molecule has 0 aromatic heterocycles. The van der Waals surface area contributed by atoms with Crippen LogP contribution in [-0.2, 0) is 9.53 Å². The molecule has 5 nitrogen and oxygen atoms in total. The first kappa shape index (κ1) is 17.2. The minimum Gasteiger partial charge on any atom is -0.444 e. The van der Waals surface area contributed by atoms with Crippen LogP contribution in [0.4, 0.5) is 14.9 Å². The molecule has 6 heteroatoms. The molecule has 2 amide bonds. The number of hydrogen-bond donors (Lipinski definition) is 1. The number of nitrogens with zero attached hydrogens (tertiary/aromatic N) is 1. The molecule has 23 heavy (non-hydrogen) atoms. The van der Waals surface area contributed by atoms with Gasteiger partial charge in [-0.2, -0.15) is 0 Å². The number of anilines is 1. The average Bonchev–Trinajstić information content (AvgIpc) is 2.48. The Labute approximate surface area is 135 Å². The van der Waals surface area contributed by atoms with Gasteiger partial charge in [-0.3, -0.25) is 9.69 Å². The third-order valence-corrected chi connectivity index (χ3v) is 3.55. The molecule has 1 aromatic rings. The maximum absolute atomic E-state index is 12.9. The van der Waals surface area contributed by atoms with Crippen molar-refractivity contribution >= 4 is 17.7 Å². The fourth-order valence-electron chi connectivity index (χ4n) is 2.50. The van der Waals surface area contributed by atoms with Gasteiger partial charge in [0, 0.05) is 12.2 Å². The molecule has 1 fully saturated rings. The number of likely N-dealkylation sites (tertiary alicyclic amines) is 1. The van der Waals surface area contributed by atoms with E-state index in [9.17, 15) is 14.0 Å². The molecule has 0 saturated carbocycles. The van der Waals surface area contributed by atoms with E-state index in [2.05, 4.69) is 5.32 Å². The summed E-state index contributed by atoms with van der Waals surface area (Å²) < 4.78 is 18.3. The number of hydrogen-bond acceptors (Lipinski definition) is 3. The van der Waals surface area contributed by atoms with Crippen molar-refractivity contribution in [3.8, 4) is 0 Å². The molecule has 0 aliphatic carbocycles. The van der Waals surface area contributed by atoms with E-state index < -0.39 is 17.7 Å². The Morgan fingerprint density at radius 2 is 1.87 bits per heavy atom. The minimum absolute atomic E-state index is 0.276. The summed E-state index contributed by atoms with van der Waals surface area (Å²) in [7, 11) is 0.